The standard InChI is InChI=1S/C15H13BrF2/c1-10-2-5-12(6-3-10)13(16)8-11-4-7-14(17)15(18)9-11/h2-7,9,13H,8H2,1H3. The highest BCUT2D eigenvalue weighted by Crippen LogP contribution is 2.27. The van der Waals surface area contributed by atoms with Gasteiger partial charge < -0.3 is 0 Å². The Kier molecular flexibility index (Phi) is 4.12. The second kappa shape index (κ2) is 5.61. The molecule has 0 heterocycles. The predicted molar refractivity (Wildman–Crippen MR) is 72.9 cm³/mol. The molecule has 3 heteroatoms. The number of halogens is 3. The van der Waals surface area contributed by atoms with Gasteiger partial charge in [-0.25, -0.2) is 8.78 Å². The van der Waals surface area contributed by atoms with Crippen molar-refractivity contribution >= 4 is 15.9 Å². The van der Waals surface area contributed by atoms with Crippen molar-refractivity contribution in [3.8, 4) is 0 Å². The van der Waals surface area contributed by atoms with Gasteiger partial charge >= 0.3 is 0 Å². The molecule has 0 nitrogen and oxygen atoms in total. The summed E-state index contributed by atoms with van der Waals surface area (Å²) in [7, 11) is 0. The van der Waals surface area contributed by atoms with E-state index in [1.807, 2.05) is 31.2 Å². The van der Waals surface area contributed by atoms with Crippen LogP contribution in [0, 0.1) is 18.6 Å². The molecule has 0 saturated heterocycles. The van der Waals surface area contributed by atoms with Gasteiger partial charge in [0.1, 0.15) is 0 Å². The zero-order valence-corrected chi connectivity index (χ0v) is 11.5. The van der Waals surface area contributed by atoms with Crippen molar-refractivity contribution in [2.75, 3.05) is 0 Å². The lowest BCUT2D eigenvalue weighted by atomic mass is 10.0. The number of alkyl halides is 1. The molecule has 94 valence electrons. The fourth-order valence-electron chi connectivity index (χ4n) is 1.77. The summed E-state index contributed by atoms with van der Waals surface area (Å²) in [4.78, 5) is 0.1000. The van der Waals surface area contributed by atoms with Gasteiger partial charge in [0.15, 0.2) is 11.6 Å². The zero-order chi connectivity index (χ0) is 13.1. The Hall–Kier alpha value is -1.22. The number of rotatable bonds is 3. The summed E-state index contributed by atoms with van der Waals surface area (Å²) >= 11 is 3.57. The van der Waals surface area contributed by atoms with E-state index >= 15 is 0 Å². The average Bonchev–Trinajstić information content (AvgIpc) is 2.34. The molecule has 0 N–H and O–H groups in total. The number of hydrogen-bond donors (Lipinski definition) is 0. The third kappa shape index (κ3) is 3.16. The van der Waals surface area contributed by atoms with E-state index in [0.717, 1.165) is 11.1 Å². The molecular formula is C15H13BrF2. The lowest BCUT2D eigenvalue weighted by Crippen LogP contribution is -1.97. The van der Waals surface area contributed by atoms with Gasteiger partial charge in [0.25, 0.3) is 0 Å². The van der Waals surface area contributed by atoms with Crippen LogP contribution < -0.4 is 0 Å². The lowest BCUT2D eigenvalue weighted by Gasteiger charge is -2.11. The van der Waals surface area contributed by atoms with Crippen LogP contribution in [0.15, 0.2) is 42.5 Å². The molecule has 0 saturated carbocycles. The van der Waals surface area contributed by atoms with E-state index in [1.165, 1.54) is 17.7 Å². The Balaban J connectivity index is 2.13. The third-order valence-electron chi connectivity index (χ3n) is 2.84. The molecule has 0 radical (unpaired) electrons. The van der Waals surface area contributed by atoms with Crippen LogP contribution in [-0.4, -0.2) is 0 Å². The van der Waals surface area contributed by atoms with Gasteiger partial charge in [0, 0.05) is 4.83 Å². The molecule has 0 aromatic heterocycles. The van der Waals surface area contributed by atoms with Crippen LogP contribution in [0.25, 0.3) is 0 Å². The predicted octanol–water partition coefficient (Wildman–Crippen LogP) is 4.95. The molecule has 1 unspecified atom stereocenters. The van der Waals surface area contributed by atoms with Crippen LogP contribution >= 0.6 is 15.9 Å². The van der Waals surface area contributed by atoms with Gasteiger partial charge in [-0.3, -0.25) is 0 Å². The second-order valence-electron chi connectivity index (χ2n) is 4.33. The normalized spacial score (nSPS) is 12.4. The molecule has 0 amide bonds. The van der Waals surface area contributed by atoms with Crippen LogP contribution in [-0.2, 0) is 6.42 Å². The molecule has 2 rings (SSSR count). The first-order valence-corrected chi connectivity index (χ1v) is 6.62. The summed E-state index contributed by atoms with van der Waals surface area (Å²) in [5.74, 6) is -1.60. The first kappa shape index (κ1) is 13.2. The highest BCUT2D eigenvalue weighted by atomic mass is 79.9. The fourth-order valence-corrected chi connectivity index (χ4v) is 2.45. The summed E-state index contributed by atoms with van der Waals surface area (Å²) in [6, 6.07) is 12.2. The first-order valence-electron chi connectivity index (χ1n) is 5.71. The lowest BCUT2D eigenvalue weighted by molar-refractivity contribution is 0.507. The van der Waals surface area contributed by atoms with Gasteiger partial charge in [0.05, 0.1) is 0 Å². The molecular weight excluding hydrogens is 298 g/mol. The maximum absolute atomic E-state index is 13.1. The van der Waals surface area contributed by atoms with Crippen molar-refractivity contribution in [2.24, 2.45) is 0 Å². The molecule has 18 heavy (non-hydrogen) atoms. The molecule has 0 bridgehead atoms. The summed E-state index contributed by atoms with van der Waals surface area (Å²) in [5.41, 5.74) is 3.10. The molecule has 2 aromatic rings. The first-order chi connectivity index (χ1) is 8.56. The molecule has 0 spiro atoms. The fraction of sp³-hybridized carbons (Fsp3) is 0.200. The second-order valence-corrected chi connectivity index (χ2v) is 5.44. The molecule has 0 fully saturated rings. The Morgan fingerprint density at radius 2 is 1.67 bits per heavy atom. The Morgan fingerprint density at radius 1 is 1.00 bits per heavy atom. The van der Waals surface area contributed by atoms with Crippen molar-refractivity contribution in [3.05, 3.63) is 70.8 Å². The van der Waals surface area contributed by atoms with E-state index in [4.69, 9.17) is 0 Å². The molecule has 2 aromatic carbocycles. The molecule has 0 aliphatic carbocycles. The number of aryl methyl sites for hydroxylation is 1. The summed E-state index contributed by atoms with van der Waals surface area (Å²) in [6.45, 7) is 2.03. The zero-order valence-electron chi connectivity index (χ0n) is 9.96. The smallest absolute Gasteiger partial charge is 0.159 e. The van der Waals surface area contributed by atoms with Crippen LogP contribution in [0.2, 0.25) is 0 Å². The van der Waals surface area contributed by atoms with E-state index in [1.54, 1.807) is 6.07 Å². The summed E-state index contributed by atoms with van der Waals surface area (Å²) in [5, 5.41) is 0. The number of benzene rings is 2. The van der Waals surface area contributed by atoms with Crippen molar-refractivity contribution in [3.63, 3.8) is 0 Å². The SMILES string of the molecule is Cc1ccc(C(Br)Cc2ccc(F)c(F)c2)cc1. The van der Waals surface area contributed by atoms with Crippen LogP contribution in [0.3, 0.4) is 0 Å². The minimum atomic E-state index is -0.805. The van der Waals surface area contributed by atoms with Gasteiger partial charge in [-0.1, -0.05) is 51.8 Å². The minimum absolute atomic E-state index is 0.1000. The van der Waals surface area contributed by atoms with Gasteiger partial charge in [-0.05, 0) is 36.6 Å². The highest BCUT2D eigenvalue weighted by Gasteiger charge is 2.10. The van der Waals surface area contributed by atoms with E-state index < -0.39 is 11.6 Å². The minimum Gasteiger partial charge on any atom is -0.204 e. The van der Waals surface area contributed by atoms with Crippen molar-refractivity contribution in [1.29, 1.82) is 0 Å². The average molecular weight is 311 g/mol. The van der Waals surface area contributed by atoms with Crippen molar-refractivity contribution in [1.82, 2.24) is 0 Å². The van der Waals surface area contributed by atoms with Gasteiger partial charge in [0.2, 0.25) is 0 Å². The molecule has 1 atom stereocenters. The maximum atomic E-state index is 13.1. The molecule has 0 aliphatic heterocycles. The van der Waals surface area contributed by atoms with Crippen molar-refractivity contribution in [2.45, 2.75) is 18.2 Å². The topological polar surface area (TPSA) is 0 Å². The van der Waals surface area contributed by atoms with Crippen LogP contribution in [0.4, 0.5) is 8.78 Å². The quantitative estimate of drug-likeness (QED) is 0.703. The van der Waals surface area contributed by atoms with E-state index in [-0.39, 0.29) is 4.83 Å². The Morgan fingerprint density at radius 3 is 2.28 bits per heavy atom. The number of hydrogen-bond acceptors (Lipinski definition) is 0. The van der Waals surface area contributed by atoms with E-state index in [2.05, 4.69) is 15.9 Å². The summed E-state index contributed by atoms with van der Waals surface area (Å²) < 4.78 is 25.9. The third-order valence-corrected chi connectivity index (χ3v) is 3.69. The Bertz CT molecular complexity index is 535. The van der Waals surface area contributed by atoms with Gasteiger partial charge in [-0.2, -0.15) is 0 Å². The molecule has 0 aliphatic rings. The highest BCUT2D eigenvalue weighted by molar-refractivity contribution is 9.09. The van der Waals surface area contributed by atoms with Crippen LogP contribution in [0.1, 0.15) is 21.5 Å². The monoisotopic (exact) mass is 310 g/mol. The van der Waals surface area contributed by atoms with E-state index in [9.17, 15) is 8.78 Å². The maximum Gasteiger partial charge on any atom is 0.159 e. The van der Waals surface area contributed by atoms with Crippen LogP contribution in [0.5, 0.6) is 0 Å². The van der Waals surface area contributed by atoms with Crippen molar-refractivity contribution < 1.29 is 8.78 Å². The Labute approximate surface area is 114 Å². The van der Waals surface area contributed by atoms with Gasteiger partial charge in [-0.15, -0.1) is 0 Å². The largest absolute Gasteiger partial charge is 0.204 e. The van der Waals surface area contributed by atoms with E-state index in [0.29, 0.717) is 6.42 Å². The summed E-state index contributed by atoms with van der Waals surface area (Å²) in [6.07, 6.45) is 0.625.